The van der Waals surface area contributed by atoms with Gasteiger partial charge in [-0.2, -0.15) is 0 Å². The third-order valence-electron chi connectivity index (χ3n) is 6.52. The van der Waals surface area contributed by atoms with Crippen molar-refractivity contribution in [2.45, 2.75) is 12.1 Å². The van der Waals surface area contributed by atoms with E-state index in [-0.39, 0.29) is 0 Å². The van der Waals surface area contributed by atoms with Crippen LogP contribution >= 0.6 is 0 Å². The molecule has 0 aliphatic heterocycles. The standard InChI is InChI=1S/C32H28Si2/c1-3-33(23-25-12-7-5-8-13-25)30-19-18-27-20-28-16-11-17-32(31(28)22-29(27)21-30)34(4-2)24-26-14-9-6-10-15-26/h3-22H,1-2,23-24H2. The van der Waals surface area contributed by atoms with E-state index in [1.807, 2.05) is 0 Å². The van der Waals surface area contributed by atoms with Gasteiger partial charge in [0.05, 0.1) is 0 Å². The van der Waals surface area contributed by atoms with Gasteiger partial charge < -0.3 is 0 Å². The zero-order valence-corrected chi connectivity index (χ0v) is 21.4. The van der Waals surface area contributed by atoms with E-state index in [1.54, 1.807) is 0 Å². The maximum absolute atomic E-state index is 4.23. The predicted octanol–water partition coefficient (Wildman–Crippen LogP) is 6.41. The molecule has 34 heavy (non-hydrogen) atoms. The first kappa shape index (κ1) is 22.3. The second kappa shape index (κ2) is 10.2. The molecule has 5 aromatic carbocycles. The Bertz CT molecular complexity index is 1440. The summed E-state index contributed by atoms with van der Waals surface area (Å²) in [5.41, 5.74) is 7.15. The van der Waals surface area contributed by atoms with Crippen molar-refractivity contribution in [3.8, 4) is 0 Å². The fraction of sp³-hybridized carbons (Fsp3) is 0.0625. The van der Waals surface area contributed by atoms with E-state index in [0.29, 0.717) is 0 Å². The molecule has 0 aromatic heterocycles. The topological polar surface area (TPSA) is 0 Å². The van der Waals surface area contributed by atoms with Crippen LogP contribution in [-0.4, -0.2) is 17.6 Å². The van der Waals surface area contributed by atoms with Crippen LogP contribution in [0.4, 0.5) is 0 Å². The number of benzene rings is 5. The molecular weight excluding hydrogens is 441 g/mol. The first-order valence-corrected chi connectivity index (χ1v) is 15.3. The molecule has 0 saturated carbocycles. The summed E-state index contributed by atoms with van der Waals surface area (Å²) in [5.74, 6) is 0. The van der Waals surface area contributed by atoms with E-state index >= 15 is 0 Å². The molecule has 0 saturated heterocycles. The maximum atomic E-state index is 4.23. The monoisotopic (exact) mass is 468 g/mol. The Morgan fingerprint density at radius 3 is 1.82 bits per heavy atom. The second-order valence-corrected chi connectivity index (χ2v) is 13.5. The quantitative estimate of drug-likeness (QED) is 0.182. The van der Waals surface area contributed by atoms with E-state index in [1.165, 1.54) is 43.0 Å². The average molecular weight is 469 g/mol. The predicted molar refractivity (Wildman–Crippen MR) is 153 cm³/mol. The highest BCUT2D eigenvalue weighted by Crippen LogP contribution is 2.23. The van der Waals surface area contributed by atoms with Gasteiger partial charge in [0.15, 0.2) is 0 Å². The number of hydrogen-bond donors (Lipinski definition) is 0. The van der Waals surface area contributed by atoms with Crippen LogP contribution in [0.2, 0.25) is 0 Å². The highest BCUT2D eigenvalue weighted by molar-refractivity contribution is 6.79. The molecule has 0 bridgehead atoms. The van der Waals surface area contributed by atoms with Gasteiger partial charge in [0.1, 0.15) is 17.6 Å². The summed E-state index contributed by atoms with van der Waals surface area (Å²) in [6.07, 6.45) is 0. The molecule has 5 aromatic rings. The normalized spacial score (nSPS) is 11.4. The fourth-order valence-corrected chi connectivity index (χ4v) is 8.71. The number of hydrogen-bond acceptors (Lipinski definition) is 0. The van der Waals surface area contributed by atoms with Crippen molar-refractivity contribution in [2.24, 2.45) is 0 Å². The molecule has 2 radical (unpaired) electrons. The number of rotatable bonds is 8. The lowest BCUT2D eigenvalue weighted by Crippen LogP contribution is -2.32. The van der Waals surface area contributed by atoms with Crippen molar-refractivity contribution in [1.29, 1.82) is 0 Å². The molecule has 0 N–H and O–H groups in total. The van der Waals surface area contributed by atoms with Crippen molar-refractivity contribution in [2.75, 3.05) is 0 Å². The molecular formula is C32H28Si2. The van der Waals surface area contributed by atoms with Crippen molar-refractivity contribution < 1.29 is 0 Å². The van der Waals surface area contributed by atoms with Gasteiger partial charge in [-0.25, -0.2) is 0 Å². The van der Waals surface area contributed by atoms with Crippen LogP contribution in [0.5, 0.6) is 0 Å². The molecule has 0 aliphatic carbocycles. The highest BCUT2D eigenvalue weighted by atomic mass is 28.3. The zero-order chi connectivity index (χ0) is 23.3. The third kappa shape index (κ3) is 4.74. The zero-order valence-electron chi connectivity index (χ0n) is 19.4. The molecule has 0 fully saturated rings. The van der Waals surface area contributed by atoms with Gasteiger partial charge in [0, 0.05) is 0 Å². The van der Waals surface area contributed by atoms with Crippen LogP contribution in [-0.2, 0) is 12.1 Å². The Kier molecular flexibility index (Phi) is 6.71. The van der Waals surface area contributed by atoms with Gasteiger partial charge in [-0.05, 0) is 51.0 Å². The smallest absolute Gasteiger partial charge is 0.107 e. The minimum atomic E-state index is -0.924. The Morgan fingerprint density at radius 2 is 1.18 bits per heavy atom. The van der Waals surface area contributed by atoms with Gasteiger partial charge in [-0.15, -0.1) is 13.2 Å². The molecule has 0 nitrogen and oxygen atoms in total. The molecule has 0 atom stereocenters. The molecule has 0 unspecified atom stereocenters. The fourth-order valence-electron chi connectivity index (χ4n) is 4.70. The summed E-state index contributed by atoms with van der Waals surface area (Å²) in [6.45, 7) is 8.42. The van der Waals surface area contributed by atoms with Gasteiger partial charge in [0.2, 0.25) is 0 Å². The van der Waals surface area contributed by atoms with Crippen molar-refractivity contribution in [3.63, 3.8) is 0 Å². The van der Waals surface area contributed by atoms with Crippen molar-refractivity contribution >= 4 is 49.5 Å². The lowest BCUT2D eigenvalue weighted by molar-refractivity contribution is 1.37. The van der Waals surface area contributed by atoms with Crippen LogP contribution in [0.15, 0.2) is 134 Å². The maximum Gasteiger partial charge on any atom is 0.117 e. The first-order chi connectivity index (χ1) is 16.7. The molecule has 2 heteroatoms. The van der Waals surface area contributed by atoms with Crippen LogP contribution in [0, 0.1) is 0 Å². The van der Waals surface area contributed by atoms with Crippen molar-refractivity contribution in [1.82, 2.24) is 0 Å². The molecule has 5 rings (SSSR count). The summed E-state index contributed by atoms with van der Waals surface area (Å²) < 4.78 is 0. The van der Waals surface area contributed by atoms with Crippen LogP contribution in [0.1, 0.15) is 11.1 Å². The second-order valence-electron chi connectivity index (χ2n) is 8.72. The van der Waals surface area contributed by atoms with E-state index in [4.69, 9.17) is 0 Å². The Hall–Kier alpha value is -3.47. The average Bonchev–Trinajstić information content (AvgIpc) is 2.90. The minimum absolute atomic E-state index is 0.874. The van der Waals surface area contributed by atoms with Gasteiger partial charge in [-0.1, -0.05) is 125 Å². The van der Waals surface area contributed by atoms with Gasteiger partial charge in [0.25, 0.3) is 0 Å². The van der Waals surface area contributed by atoms with Gasteiger partial charge >= 0.3 is 0 Å². The van der Waals surface area contributed by atoms with E-state index in [9.17, 15) is 0 Å². The Morgan fingerprint density at radius 1 is 0.529 bits per heavy atom. The van der Waals surface area contributed by atoms with E-state index in [2.05, 4.69) is 134 Å². The largest absolute Gasteiger partial charge is 0.117 e. The summed E-state index contributed by atoms with van der Waals surface area (Å²) >= 11 is 0. The third-order valence-corrected chi connectivity index (χ3v) is 11.3. The minimum Gasteiger partial charge on any atom is -0.107 e. The van der Waals surface area contributed by atoms with E-state index < -0.39 is 17.6 Å². The Balaban J connectivity index is 1.55. The molecule has 0 amide bonds. The molecule has 0 aliphatic rings. The lowest BCUT2D eigenvalue weighted by Gasteiger charge is -2.16. The first-order valence-electron chi connectivity index (χ1n) is 11.8. The summed E-state index contributed by atoms with van der Waals surface area (Å²) in [4.78, 5) is 0. The molecule has 0 spiro atoms. The summed E-state index contributed by atoms with van der Waals surface area (Å²) in [7, 11) is -1.80. The van der Waals surface area contributed by atoms with Crippen molar-refractivity contribution in [3.05, 3.63) is 145 Å². The molecule has 0 heterocycles. The summed E-state index contributed by atoms with van der Waals surface area (Å²) in [5, 5.41) is 8.17. The van der Waals surface area contributed by atoms with Crippen LogP contribution < -0.4 is 10.4 Å². The summed E-state index contributed by atoms with van der Waals surface area (Å²) in [6, 6.07) is 42.2. The van der Waals surface area contributed by atoms with Crippen LogP contribution in [0.25, 0.3) is 21.5 Å². The lowest BCUT2D eigenvalue weighted by atomic mass is 10.0. The Labute approximate surface area is 206 Å². The SMILES string of the molecule is C=C[Si](Cc1ccccc1)c1ccc2cc3cccc([Si](C=C)Cc4ccccc4)c3cc2c1. The number of fused-ring (bicyclic) bond motifs is 2. The highest BCUT2D eigenvalue weighted by Gasteiger charge is 2.16. The van der Waals surface area contributed by atoms with Crippen LogP contribution in [0.3, 0.4) is 0 Å². The molecule has 164 valence electrons. The van der Waals surface area contributed by atoms with E-state index in [0.717, 1.165) is 12.1 Å². The van der Waals surface area contributed by atoms with Gasteiger partial charge in [-0.3, -0.25) is 0 Å².